The smallest absolute Gasteiger partial charge is 0.242 e. The largest absolute Gasteiger partial charge is 0.347 e. The summed E-state index contributed by atoms with van der Waals surface area (Å²) in [5, 5.41) is 8.25. The van der Waals surface area contributed by atoms with Crippen LogP contribution in [0.5, 0.6) is 0 Å². The maximum absolute atomic E-state index is 13.9. The molecule has 1 aromatic heterocycles. The summed E-state index contributed by atoms with van der Waals surface area (Å²) in [6.45, 7) is 3.67. The van der Waals surface area contributed by atoms with Crippen LogP contribution in [-0.2, 0) is 11.3 Å². The minimum absolute atomic E-state index is 0.0876. The number of halogens is 2. The molecule has 0 aliphatic heterocycles. The van der Waals surface area contributed by atoms with Crippen LogP contribution in [0.3, 0.4) is 0 Å². The summed E-state index contributed by atoms with van der Waals surface area (Å²) < 4.78 is 28.6. The molecule has 0 saturated carbocycles. The van der Waals surface area contributed by atoms with Crippen LogP contribution in [0, 0.1) is 18.6 Å². The molecule has 0 fully saturated rings. The highest BCUT2D eigenvalue weighted by atomic mass is 32.2. The Balaban J connectivity index is 2.21. The fourth-order valence-electron chi connectivity index (χ4n) is 1.96. The van der Waals surface area contributed by atoms with Crippen molar-refractivity contribution in [1.29, 1.82) is 0 Å². The van der Waals surface area contributed by atoms with E-state index in [1.54, 1.807) is 32.5 Å². The molecule has 1 atom stereocenters. The summed E-state index contributed by atoms with van der Waals surface area (Å²) in [7, 11) is 3.34. The molecule has 0 spiro atoms. The van der Waals surface area contributed by atoms with Gasteiger partial charge in [-0.1, -0.05) is 17.8 Å². The topological polar surface area (TPSA) is 51.0 Å². The van der Waals surface area contributed by atoms with Crippen LogP contribution in [0.15, 0.2) is 23.4 Å². The number of carbonyl (C=O) groups excluding carboxylic acids is 1. The van der Waals surface area contributed by atoms with Gasteiger partial charge in [-0.2, -0.15) is 0 Å². The lowest BCUT2D eigenvalue weighted by atomic mass is 10.1. The Hall–Kier alpha value is -1.96. The summed E-state index contributed by atoms with van der Waals surface area (Å²) in [4.78, 5) is 13.4. The van der Waals surface area contributed by atoms with Crippen molar-refractivity contribution in [2.45, 2.75) is 30.8 Å². The number of benzene rings is 1. The van der Waals surface area contributed by atoms with E-state index < -0.39 is 11.6 Å². The van der Waals surface area contributed by atoms with Crippen molar-refractivity contribution in [3.63, 3.8) is 0 Å². The summed E-state index contributed by atoms with van der Waals surface area (Å²) in [5.41, 5.74) is 0.377. The predicted molar refractivity (Wildman–Crippen MR) is 84.1 cm³/mol. The third-order valence-corrected chi connectivity index (χ3v) is 4.50. The van der Waals surface area contributed by atoms with Gasteiger partial charge in [-0.05, 0) is 19.9 Å². The fourth-order valence-corrected chi connectivity index (χ4v) is 3.01. The first-order chi connectivity index (χ1) is 10.8. The minimum atomic E-state index is -0.612. The number of aromatic nitrogens is 3. The van der Waals surface area contributed by atoms with E-state index in [-0.39, 0.29) is 17.7 Å². The second-order valence-electron chi connectivity index (χ2n) is 5.33. The summed E-state index contributed by atoms with van der Waals surface area (Å²) in [6, 6.07) is 3.50. The first-order valence-corrected chi connectivity index (χ1v) is 7.89. The standard InChI is InChI=1S/C15H18F2N4OS/c1-9(12-6-5-11(16)7-13(12)17)23-15-19-18-10(2)21(15)8-14(22)20(3)4/h5-7,9H,8H2,1-4H3/t9-/m0/s1. The van der Waals surface area contributed by atoms with Crippen molar-refractivity contribution >= 4 is 17.7 Å². The van der Waals surface area contributed by atoms with Crippen molar-refractivity contribution in [2.75, 3.05) is 14.1 Å². The number of thioether (sulfide) groups is 1. The van der Waals surface area contributed by atoms with E-state index in [1.165, 1.54) is 28.8 Å². The van der Waals surface area contributed by atoms with E-state index in [2.05, 4.69) is 10.2 Å². The third-order valence-electron chi connectivity index (χ3n) is 3.38. The Bertz CT molecular complexity index is 717. The minimum Gasteiger partial charge on any atom is -0.347 e. The average molecular weight is 340 g/mol. The van der Waals surface area contributed by atoms with E-state index in [1.807, 2.05) is 0 Å². The predicted octanol–water partition coefficient (Wildman–Crippen LogP) is 2.81. The van der Waals surface area contributed by atoms with Crippen LogP contribution in [0.4, 0.5) is 8.78 Å². The summed E-state index contributed by atoms with van der Waals surface area (Å²) >= 11 is 1.27. The van der Waals surface area contributed by atoms with Crippen LogP contribution >= 0.6 is 11.8 Å². The molecule has 23 heavy (non-hydrogen) atoms. The maximum Gasteiger partial charge on any atom is 0.242 e. The normalized spacial score (nSPS) is 12.3. The summed E-state index contributed by atoms with van der Waals surface area (Å²) in [5.74, 6) is -0.693. The molecule has 5 nitrogen and oxygen atoms in total. The van der Waals surface area contributed by atoms with Gasteiger partial charge in [0.25, 0.3) is 0 Å². The molecule has 1 aromatic carbocycles. The lowest BCUT2D eigenvalue weighted by molar-refractivity contribution is -0.129. The molecular formula is C15H18F2N4OS. The van der Waals surface area contributed by atoms with Gasteiger partial charge >= 0.3 is 0 Å². The zero-order valence-electron chi connectivity index (χ0n) is 13.4. The van der Waals surface area contributed by atoms with Crippen LogP contribution in [0.1, 0.15) is 23.6 Å². The number of likely N-dealkylation sites (N-methyl/N-ethyl adjacent to an activating group) is 1. The molecule has 0 N–H and O–H groups in total. The van der Waals surface area contributed by atoms with E-state index >= 15 is 0 Å². The van der Waals surface area contributed by atoms with Gasteiger partial charge in [-0.3, -0.25) is 9.36 Å². The molecule has 0 radical (unpaired) electrons. The van der Waals surface area contributed by atoms with Crippen molar-refractivity contribution in [1.82, 2.24) is 19.7 Å². The molecule has 2 rings (SSSR count). The van der Waals surface area contributed by atoms with Crippen LogP contribution < -0.4 is 0 Å². The molecule has 124 valence electrons. The second kappa shape index (κ2) is 7.08. The molecule has 0 aliphatic carbocycles. The average Bonchev–Trinajstić information content (AvgIpc) is 2.79. The number of carbonyl (C=O) groups is 1. The monoisotopic (exact) mass is 340 g/mol. The van der Waals surface area contributed by atoms with Crippen molar-refractivity contribution < 1.29 is 13.6 Å². The molecule has 0 bridgehead atoms. The number of amides is 1. The molecular weight excluding hydrogens is 322 g/mol. The molecule has 0 unspecified atom stereocenters. The van der Waals surface area contributed by atoms with E-state index in [4.69, 9.17) is 0 Å². The third kappa shape index (κ3) is 4.07. The van der Waals surface area contributed by atoms with Gasteiger partial charge in [0, 0.05) is 31.0 Å². The highest BCUT2D eigenvalue weighted by Crippen LogP contribution is 2.35. The van der Waals surface area contributed by atoms with Crippen molar-refractivity contribution in [3.8, 4) is 0 Å². The quantitative estimate of drug-likeness (QED) is 0.786. The lowest BCUT2D eigenvalue weighted by Gasteiger charge is -2.15. The Morgan fingerprint density at radius 2 is 2.04 bits per heavy atom. The lowest BCUT2D eigenvalue weighted by Crippen LogP contribution is -2.27. The van der Waals surface area contributed by atoms with Crippen LogP contribution in [0.2, 0.25) is 0 Å². The fraction of sp³-hybridized carbons (Fsp3) is 0.400. The van der Waals surface area contributed by atoms with Crippen molar-refractivity contribution in [2.24, 2.45) is 0 Å². The van der Waals surface area contributed by atoms with Gasteiger partial charge in [0.15, 0.2) is 5.16 Å². The summed E-state index contributed by atoms with van der Waals surface area (Å²) in [6.07, 6.45) is 0. The van der Waals surface area contributed by atoms with Gasteiger partial charge < -0.3 is 4.90 Å². The first kappa shape index (κ1) is 17.4. The number of nitrogens with zero attached hydrogens (tertiary/aromatic N) is 4. The number of hydrogen-bond acceptors (Lipinski definition) is 4. The second-order valence-corrected chi connectivity index (χ2v) is 6.64. The molecule has 1 heterocycles. The number of hydrogen-bond donors (Lipinski definition) is 0. The van der Waals surface area contributed by atoms with Crippen LogP contribution in [0.25, 0.3) is 0 Å². The van der Waals surface area contributed by atoms with Crippen LogP contribution in [-0.4, -0.2) is 39.7 Å². The molecule has 0 aliphatic rings. The van der Waals surface area contributed by atoms with E-state index in [9.17, 15) is 13.6 Å². The molecule has 1 amide bonds. The Morgan fingerprint density at radius 1 is 1.35 bits per heavy atom. The highest BCUT2D eigenvalue weighted by molar-refractivity contribution is 7.99. The zero-order chi connectivity index (χ0) is 17.1. The molecule has 8 heteroatoms. The van der Waals surface area contributed by atoms with Gasteiger partial charge in [0.05, 0.1) is 0 Å². The Labute approximate surface area is 137 Å². The van der Waals surface area contributed by atoms with E-state index in [0.717, 1.165) is 6.07 Å². The first-order valence-electron chi connectivity index (χ1n) is 7.01. The molecule has 0 saturated heterocycles. The van der Waals surface area contributed by atoms with Gasteiger partial charge in [-0.15, -0.1) is 10.2 Å². The number of rotatable bonds is 5. The van der Waals surface area contributed by atoms with Gasteiger partial charge in [-0.25, -0.2) is 8.78 Å². The number of aryl methyl sites for hydroxylation is 1. The highest BCUT2D eigenvalue weighted by Gasteiger charge is 2.19. The zero-order valence-corrected chi connectivity index (χ0v) is 14.2. The molecule has 2 aromatic rings. The van der Waals surface area contributed by atoms with Gasteiger partial charge in [0.2, 0.25) is 5.91 Å². The SMILES string of the molecule is Cc1nnc(S[C@@H](C)c2ccc(F)cc2F)n1CC(=O)N(C)C. The maximum atomic E-state index is 13.9. The van der Waals surface area contributed by atoms with Crippen molar-refractivity contribution in [3.05, 3.63) is 41.2 Å². The van der Waals surface area contributed by atoms with E-state index in [0.29, 0.717) is 16.5 Å². The Kier molecular flexibility index (Phi) is 5.35. The Morgan fingerprint density at radius 3 is 2.65 bits per heavy atom. The van der Waals surface area contributed by atoms with Gasteiger partial charge in [0.1, 0.15) is 24.0 Å².